The molecular weight excluding hydrogens is 280 g/mol. The van der Waals surface area contributed by atoms with E-state index >= 15 is 0 Å². The molecule has 1 aromatic rings. The first kappa shape index (κ1) is 12.9. The molecule has 0 aromatic heterocycles. The van der Waals surface area contributed by atoms with Gasteiger partial charge in [0, 0.05) is 23.2 Å². The highest BCUT2D eigenvalue weighted by Gasteiger charge is 2.15. The van der Waals surface area contributed by atoms with E-state index in [0.29, 0.717) is 6.54 Å². The van der Waals surface area contributed by atoms with Crippen LogP contribution in [0.4, 0.5) is 5.69 Å². The third-order valence-electron chi connectivity index (χ3n) is 3.07. The lowest BCUT2D eigenvalue weighted by Gasteiger charge is -2.20. The van der Waals surface area contributed by atoms with Crippen molar-refractivity contribution in [2.75, 3.05) is 31.5 Å². The van der Waals surface area contributed by atoms with Crippen LogP contribution in [0.1, 0.15) is 12.8 Å². The molecule has 1 unspecified atom stereocenters. The average Bonchev–Trinajstić information content (AvgIpc) is 2.81. The molecule has 2 rings (SSSR count). The fraction of sp³-hybridized carbons (Fsp3) is 0.538. The van der Waals surface area contributed by atoms with Crippen LogP contribution >= 0.6 is 15.9 Å². The molecule has 0 aliphatic carbocycles. The summed E-state index contributed by atoms with van der Waals surface area (Å²) in [6, 6.07) is 7.97. The van der Waals surface area contributed by atoms with Gasteiger partial charge in [-0.25, -0.2) is 0 Å². The highest BCUT2D eigenvalue weighted by atomic mass is 79.9. The topological polar surface area (TPSA) is 35.5 Å². The summed E-state index contributed by atoms with van der Waals surface area (Å²) in [4.78, 5) is 2.33. The van der Waals surface area contributed by atoms with E-state index in [4.69, 9.17) is 0 Å². The van der Waals surface area contributed by atoms with Gasteiger partial charge in [-0.2, -0.15) is 0 Å². The third-order valence-corrected chi connectivity index (χ3v) is 3.76. The number of para-hydroxylation sites is 1. The van der Waals surface area contributed by atoms with Crippen molar-refractivity contribution in [3.8, 4) is 0 Å². The maximum Gasteiger partial charge on any atom is 0.0839 e. The zero-order valence-electron chi connectivity index (χ0n) is 9.90. The van der Waals surface area contributed by atoms with E-state index in [-0.39, 0.29) is 6.10 Å². The van der Waals surface area contributed by atoms with Crippen molar-refractivity contribution >= 4 is 21.6 Å². The summed E-state index contributed by atoms with van der Waals surface area (Å²) in [6.45, 7) is 3.63. The second-order valence-corrected chi connectivity index (χ2v) is 5.38. The highest BCUT2D eigenvalue weighted by Crippen LogP contribution is 2.21. The fourth-order valence-corrected chi connectivity index (χ4v) is 2.59. The Balaban J connectivity index is 1.75. The number of aliphatic hydroxyl groups is 1. The normalized spacial score (nSPS) is 18.2. The first-order valence-electron chi connectivity index (χ1n) is 6.14. The summed E-state index contributed by atoms with van der Waals surface area (Å²) in [6.07, 6.45) is 2.23. The number of benzene rings is 1. The quantitative estimate of drug-likeness (QED) is 0.876. The van der Waals surface area contributed by atoms with Crippen LogP contribution in [0.25, 0.3) is 0 Å². The number of anilines is 1. The molecule has 2 N–H and O–H groups in total. The zero-order chi connectivity index (χ0) is 12.1. The standard InChI is InChI=1S/C13H19BrN2O/c14-12-5-1-2-6-13(12)15-9-11(17)10-16-7-3-4-8-16/h1-2,5-6,11,15,17H,3-4,7-10H2. The Kier molecular flexibility index (Phi) is 4.83. The minimum atomic E-state index is -0.305. The Labute approximate surface area is 111 Å². The van der Waals surface area contributed by atoms with Crippen LogP contribution in [0.15, 0.2) is 28.7 Å². The molecule has 1 atom stereocenters. The SMILES string of the molecule is OC(CNc1ccccc1Br)CN1CCCC1. The molecule has 4 heteroatoms. The maximum absolute atomic E-state index is 9.94. The van der Waals surface area contributed by atoms with Crippen LogP contribution in [-0.4, -0.2) is 42.3 Å². The molecule has 0 saturated carbocycles. The Morgan fingerprint density at radius 2 is 2.00 bits per heavy atom. The first-order valence-corrected chi connectivity index (χ1v) is 6.94. The van der Waals surface area contributed by atoms with Crippen molar-refractivity contribution in [3.63, 3.8) is 0 Å². The summed E-state index contributed by atoms with van der Waals surface area (Å²) in [5.74, 6) is 0. The van der Waals surface area contributed by atoms with E-state index in [1.807, 2.05) is 24.3 Å². The Bertz CT molecular complexity index is 353. The smallest absolute Gasteiger partial charge is 0.0839 e. The number of hydrogen-bond donors (Lipinski definition) is 2. The molecule has 0 radical (unpaired) electrons. The number of hydrogen-bond acceptors (Lipinski definition) is 3. The van der Waals surface area contributed by atoms with Gasteiger partial charge in [0.25, 0.3) is 0 Å². The lowest BCUT2D eigenvalue weighted by Crippen LogP contribution is -2.34. The summed E-state index contributed by atoms with van der Waals surface area (Å²) in [5.41, 5.74) is 1.04. The van der Waals surface area contributed by atoms with Gasteiger partial charge in [-0.1, -0.05) is 12.1 Å². The van der Waals surface area contributed by atoms with Crippen molar-refractivity contribution in [2.45, 2.75) is 18.9 Å². The van der Waals surface area contributed by atoms with Gasteiger partial charge >= 0.3 is 0 Å². The molecular formula is C13H19BrN2O. The average molecular weight is 299 g/mol. The van der Waals surface area contributed by atoms with E-state index in [2.05, 4.69) is 26.1 Å². The van der Waals surface area contributed by atoms with Crippen molar-refractivity contribution in [1.82, 2.24) is 4.90 Å². The van der Waals surface area contributed by atoms with E-state index in [1.54, 1.807) is 0 Å². The van der Waals surface area contributed by atoms with E-state index in [1.165, 1.54) is 12.8 Å². The van der Waals surface area contributed by atoms with Gasteiger partial charge in [0.15, 0.2) is 0 Å². The molecule has 3 nitrogen and oxygen atoms in total. The molecule has 1 heterocycles. The lowest BCUT2D eigenvalue weighted by atomic mass is 10.3. The number of rotatable bonds is 5. The van der Waals surface area contributed by atoms with Gasteiger partial charge in [-0.05, 0) is 54.0 Å². The molecule has 0 bridgehead atoms. The van der Waals surface area contributed by atoms with Crippen LogP contribution in [0.5, 0.6) is 0 Å². The summed E-state index contributed by atoms with van der Waals surface area (Å²) < 4.78 is 1.04. The number of nitrogens with zero attached hydrogens (tertiary/aromatic N) is 1. The predicted molar refractivity (Wildman–Crippen MR) is 74.3 cm³/mol. The largest absolute Gasteiger partial charge is 0.390 e. The summed E-state index contributed by atoms with van der Waals surface area (Å²) >= 11 is 3.48. The lowest BCUT2D eigenvalue weighted by molar-refractivity contribution is 0.135. The van der Waals surface area contributed by atoms with Crippen LogP contribution in [0.3, 0.4) is 0 Å². The predicted octanol–water partition coefficient (Wildman–Crippen LogP) is 2.32. The van der Waals surface area contributed by atoms with Gasteiger partial charge in [0.2, 0.25) is 0 Å². The van der Waals surface area contributed by atoms with E-state index in [0.717, 1.165) is 29.8 Å². The van der Waals surface area contributed by atoms with Crippen molar-refractivity contribution < 1.29 is 5.11 Å². The first-order chi connectivity index (χ1) is 8.25. The Morgan fingerprint density at radius 3 is 2.71 bits per heavy atom. The maximum atomic E-state index is 9.94. The fourth-order valence-electron chi connectivity index (χ4n) is 2.16. The highest BCUT2D eigenvalue weighted by molar-refractivity contribution is 9.10. The third kappa shape index (κ3) is 3.98. The second-order valence-electron chi connectivity index (χ2n) is 4.52. The second kappa shape index (κ2) is 6.38. The van der Waals surface area contributed by atoms with E-state index in [9.17, 15) is 5.11 Å². The molecule has 1 aliphatic rings. The molecule has 17 heavy (non-hydrogen) atoms. The molecule has 1 fully saturated rings. The van der Waals surface area contributed by atoms with Crippen LogP contribution < -0.4 is 5.32 Å². The molecule has 0 spiro atoms. The minimum Gasteiger partial charge on any atom is -0.390 e. The number of halogens is 1. The van der Waals surface area contributed by atoms with Gasteiger partial charge in [-0.15, -0.1) is 0 Å². The van der Waals surface area contributed by atoms with Crippen molar-refractivity contribution in [1.29, 1.82) is 0 Å². The molecule has 0 amide bonds. The van der Waals surface area contributed by atoms with Crippen molar-refractivity contribution in [3.05, 3.63) is 28.7 Å². The van der Waals surface area contributed by atoms with E-state index < -0.39 is 0 Å². The van der Waals surface area contributed by atoms with Gasteiger partial charge < -0.3 is 15.3 Å². The van der Waals surface area contributed by atoms with Crippen molar-refractivity contribution in [2.24, 2.45) is 0 Å². The minimum absolute atomic E-state index is 0.305. The monoisotopic (exact) mass is 298 g/mol. The number of aliphatic hydroxyl groups excluding tert-OH is 1. The Hall–Kier alpha value is -0.580. The van der Waals surface area contributed by atoms with Crippen LogP contribution in [0.2, 0.25) is 0 Å². The van der Waals surface area contributed by atoms with Crippen LogP contribution in [-0.2, 0) is 0 Å². The zero-order valence-corrected chi connectivity index (χ0v) is 11.5. The number of nitrogens with one attached hydrogen (secondary N) is 1. The molecule has 1 saturated heterocycles. The summed E-state index contributed by atoms with van der Waals surface area (Å²) in [7, 11) is 0. The summed E-state index contributed by atoms with van der Waals surface area (Å²) in [5, 5.41) is 13.2. The molecule has 1 aromatic carbocycles. The van der Waals surface area contributed by atoms with Gasteiger partial charge in [-0.3, -0.25) is 0 Å². The van der Waals surface area contributed by atoms with Crippen LogP contribution in [0, 0.1) is 0 Å². The number of β-amino-alcohol motifs (C(OH)–C–C–N with tert-alkyl or cyclic N) is 1. The Morgan fingerprint density at radius 1 is 1.29 bits per heavy atom. The van der Waals surface area contributed by atoms with Gasteiger partial charge in [0.05, 0.1) is 6.10 Å². The number of likely N-dealkylation sites (tertiary alicyclic amines) is 1. The van der Waals surface area contributed by atoms with Gasteiger partial charge in [0.1, 0.15) is 0 Å². The molecule has 1 aliphatic heterocycles. The molecule has 94 valence electrons.